The second-order valence-corrected chi connectivity index (χ2v) is 2.61. The van der Waals surface area contributed by atoms with Crippen molar-refractivity contribution in [3.05, 3.63) is 0 Å². The number of rotatable bonds is 1. The zero-order valence-corrected chi connectivity index (χ0v) is 6.75. The number of ether oxygens (including phenoxy) is 1. The summed E-state index contributed by atoms with van der Waals surface area (Å²) < 4.78 is 5.19. The number of nitrogens with one attached hydrogen (secondary N) is 1. The van der Waals surface area contributed by atoms with Crippen molar-refractivity contribution in [1.82, 2.24) is 5.32 Å². The van der Waals surface area contributed by atoms with Crippen molar-refractivity contribution in [1.29, 1.82) is 0 Å². The van der Waals surface area contributed by atoms with Gasteiger partial charge in [-0.1, -0.05) is 0 Å². The molecule has 1 aliphatic rings. The van der Waals surface area contributed by atoms with Crippen molar-refractivity contribution in [3.63, 3.8) is 0 Å². The lowest BCUT2D eigenvalue weighted by atomic mass is 10.0. The van der Waals surface area contributed by atoms with E-state index in [1.807, 2.05) is 7.05 Å². The maximum atomic E-state index is 5.19. The molecule has 2 nitrogen and oxygen atoms in total. The van der Waals surface area contributed by atoms with E-state index >= 15 is 0 Å². The SMILES string of the molecule is CNC1(C)CCOC1.Cl. The fourth-order valence-corrected chi connectivity index (χ4v) is 0.864. The molecular weight excluding hydrogens is 138 g/mol. The van der Waals surface area contributed by atoms with Crippen LogP contribution in [0.25, 0.3) is 0 Å². The van der Waals surface area contributed by atoms with E-state index in [4.69, 9.17) is 4.74 Å². The minimum absolute atomic E-state index is 0. The van der Waals surface area contributed by atoms with Crippen molar-refractivity contribution < 1.29 is 4.74 Å². The predicted molar refractivity (Wildman–Crippen MR) is 40.1 cm³/mol. The molecule has 9 heavy (non-hydrogen) atoms. The lowest BCUT2D eigenvalue weighted by molar-refractivity contribution is 0.174. The highest BCUT2D eigenvalue weighted by molar-refractivity contribution is 5.85. The second-order valence-electron chi connectivity index (χ2n) is 2.61. The maximum Gasteiger partial charge on any atom is 0.0646 e. The molecule has 1 aliphatic heterocycles. The number of hydrogen-bond donors (Lipinski definition) is 1. The zero-order valence-electron chi connectivity index (χ0n) is 5.94. The Kier molecular flexibility index (Phi) is 3.48. The van der Waals surface area contributed by atoms with Crippen LogP contribution in [0.15, 0.2) is 0 Å². The van der Waals surface area contributed by atoms with Gasteiger partial charge >= 0.3 is 0 Å². The van der Waals surface area contributed by atoms with Crippen LogP contribution >= 0.6 is 12.4 Å². The number of likely N-dealkylation sites (N-methyl/N-ethyl adjacent to an activating group) is 1. The highest BCUT2D eigenvalue weighted by atomic mass is 35.5. The Balaban J connectivity index is 0.000000640. The van der Waals surface area contributed by atoms with Crippen LogP contribution in [0.5, 0.6) is 0 Å². The van der Waals surface area contributed by atoms with Crippen LogP contribution in [0.3, 0.4) is 0 Å². The molecule has 1 heterocycles. The van der Waals surface area contributed by atoms with Gasteiger partial charge in [-0.2, -0.15) is 0 Å². The van der Waals surface area contributed by atoms with Gasteiger partial charge in [-0.15, -0.1) is 12.4 Å². The van der Waals surface area contributed by atoms with Crippen molar-refractivity contribution in [2.24, 2.45) is 0 Å². The van der Waals surface area contributed by atoms with Crippen molar-refractivity contribution in [2.75, 3.05) is 20.3 Å². The summed E-state index contributed by atoms with van der Waals surface area (Å²) in [4.78, 5) is 0. The molecule has 1 saturated heterocycles. The average Bonchev–Trinajstić information content (AvgIpc) is 2.17. The van der Waals surface area contributed by atoms with E-state index in [-0.39, 0.29) is 17.9 Å². The Bertz CT molecular complexity index is 81.1. The van der Waals surface area contributed by atoms with Gasteiger partial charge in [-0.25, -0.2) is 0 Å². The summed E-state index contributed by atoms with van der Waals surface area (Å²) in [5, 5.41) is 3.22. The van der Waals surface area contributed by atoms with E-state index in [0.29, 0.717) is 0 Å². The van der Waals surface area contributed by atoms with E-state index in [2.05, 4.69) is 12.2 Å². The first-order valence-electron chi connectivity index (χ1n) is 3.03. The van der Waals surface area contributed by atoms with E-state index in [9.17, 15) is 0 Å². The summed E-state index contributed by atoms with van der Waals surface area (Å²) in [6, 6.07) is 0. The Labute approximate surface area is 62.4 Å². The van der Waals surface area contributed by atoms with Gasteiger partial charge in [0.1, 0.15) is 0 Å². The summed E-state index contributed by atoms with van der Waals surface area (Å²) in [7, 11) is 1.98. The quantitative estimate of drug-likeness (QED) is 0.599. The summed E-state index contributed by atoms with van der Waals surface area (Å²) in [6.07, 6.45) is 1.14. The van der Waals surface area contributed by atoms with E-state index in [0.717, 1.165) is 19.6 Å². The fraction of sp³-hybridized carbons (Fsp3) is 1.00. The largest absolute Gasteiger partial charge is 0.379 e. The fourth-order valence-electron chi connectivity index (χ4n) is 0.864. The van der Waals surface area contributed by atoms with Gasteiger partial charge in [0, 0.05) is 12.1 Å². The standard InChI is InChI=1S/C6H13NO.ClH/c1-6(7-2)3-4-8-5-6;/h7H,3-5H2,1-2H3;1H. The summed E-state index contributed by atoms with van der Waals surface area (Å²) in [5.74, 6) is 0. The molecule has 3 heteroatoms. The van der Waals surface area contributed by atoms with E-state index in [1.165, 1.54) is 0 Å². The molecule has 0 aromatic carbocycles. The first-order chi connectivity index (χ1) is 3.77. The van der Waals surface area contributed by atoms with Crippen LogP contribution in [-0.2, 0) is 4.74 Å². The van der Waals surface area contributed by atoms with Crippen LogP contribution < -0.4 is 5.32 Å². The lowest BCUT2D eigenvalue weighted by Crippen LogP contribution is -2.39. The maximum absolute atomic E-state index is 5.19. The van der Waals surface area contributed by atoms with Crippen LogP contribution in [0.4, 0.5) is 0 Å². The third-order valence-corrected chi connectivity index (χ3v) is 1.82. The molecule has 0 saturated carbocycles. The van der Waals surface area contributed by atoms with Gasteiger partial charge in [0.05, 0.1) is 6.61 Å². The molecule has 0 aliphatic carbocycles. The topological polar surface area (TPSA) is 21.3 Å². The molecule has 1 fully saturated rings. The number of halogens is 1. The van der Waals surface area contributed by atoms with Gasteiger partial charge < -0.3 is 10.1 Å². The van der Waals surface area contributed by atoms with Gasteiger partial charge in [0.25, 0.3) is 0 Å². The van der Waals surface area contributed by atoms with Gasteiger partial charge in [-0.05, 0) is 20.4 Å². The average molecular weight is 152 g/mol. The van der Waals surface area contributed by atoms with Gasteiger partial charge in [-0.3, -0.25) is 0 Å². The van der Waals surface area contributed by atoms with Crippen LogP contribution in [0.1, 0.15) is 13.3 Å². The molecule has 1 rings (SSSR count). The Morgan fingerprint density at radius 1 is 1.56 bits per heavy atom. The third-order valence-electron chi connectivity index (χ3n) is 1.82. The molecule has 56 valence electrons. The molecule has 0 bridgehead atoms. The predicted octanol–water partition coefficient (Wildman–Crippen LogP) is 0.807. The summed E-state index contributed by atoms with van der Waals surface area (Å²) >= 11 is 0. The van der Waals surface area contributed by atoms with Crippen LogP contribution in [0, 0.1) is 0 Å². The summed E-state index contributed by atoms with van der Waals surface area (Å²) in [6.45, 7) is 3.96. The molecule has 0 aromatic heterocycles. The number of hydrogen-bond acceptors (Lipinski definition) is 2. The Hall–Kier alpha value is 0.210. The molecule has 1 N–H and O–H groups in total. The zero-order chi connectivity index (χ0) is 6.04. The van der Waals surface area contributed by atoms with Gasteiger partial charge in [0.15, 0.2) is 0 Å². The summed E-state index contributed by atoms with van der Waals surface area (Å²) in [5.41, 5.74) is 0.264. The molecule has 1 atom stereocenters. The molecule has 1 unspecified atom stereocenters. The van der Waals surface area contributed by atoms with Crippen molar-refractivity contribution in [2.45, 2.75) is 18.9 Å². The van der Waals surface area contributed by atoms with Gasteiger partial charge in [0.2, 0.25) is 0 Å². The van der Waals surface area contributed by atoms with E-state index < -0.39 is 0 Å². The minimum Gasteiger partial charge on any atom is -0.379 e. The molecule has 0 amide bonds. The lowest BCUT2D eigenvalue weighted by Gasteiger charge is -2.19. The van der Waals surface area contributed by atoms with E-state index in [1.54, 1.807) is 0 Å². The van der Waals surface area contributed by atoms with Crippen molar-refractivity contribution in [3.8, 4) is 0 Å². The van der Waals surface area contributed by atoms with Crippen LogP contribution in [0.2, 0.25) is 0 Å². The normalized spacial score (nSPS) is 34.0. The molecule has 0 spiro atoms. The molecule has 0 aromatic rings. The third kappa shape index (κ3) is 2.12. The second kappa shape index (κ2) is 3.40. The highest BCUT2D eigenvalue weighted by Gasteiger charge is 2.26. The highest BCUT2D eigenvalue weighted by Crippen LogP contribution is 2.15. The Morgan fingerprint density at radius 3 is 2.44 bits per heavy atom. The molecule has 0 radical (unpaired) electrons. The van der Waals surface area contributed by atoms with Crippen LogP contribution in [-0.4, -0.2) is 25.8 Å². The van der Waals surface area contributed by atoms with Crippen molar-refractivity contribution >= 4 is 12.4 Å². The molecular formula is C6H14ClNO. The minimum atomic E-state index is 0. The monoisotopic (exact) mass is 151 g/mol. The smallest absolute Gasteiger partial charge is 0.0646 e. The first kappa shape index (κ1) is 9.21. The first-order valence-corrected chi connectivity index (χ1v) is 3.03. The Morgan fingerprint density at radius 2 is 2.22 bits per heavy atom.